The molecule has 1 fully saturated rings. The van der Waals surface area contributed by atoms with E-state index < -0.39 is 29.7 Å². The van der Waals surface area contributed by atoms with Crippen molar-refractivity contribution in [1.82, 2.24) is 0 Å². The topological polar surface area (TPSA) is 9.23 Å². The van der Waals surface area contributed by atoms with Crippen molar-refractivity contribution < 1.29 is 35.5 Å². The van der Waals surface area contributed by atoms with Gasteiger partial charge >= 0.3 is 11.6 Å². The minimum Gasteiger partial charge on any atom is -0.319 e. The normalized spacial score (nSPS) is 39.4. The molecule has 0 radical (unpaired) electrons. The molecule has 1 rings (SSSR count). The second kappa shape index (κ2) is 2.88. The maximum Gasteiger partial charge on any atom is 0.428 e. The summed E-state index contributed by atoms with van der Waals surface area (Å²) < 4.78 is 88.0. The molecule has 0 N–H and O–H groups in total. The van der Waals surface area contributed by atoms with Crippen molar-refractivity contribution in [2.75, 3.05) is 0 Å². The Bertz CT molecular complexity index is 219. The predicted octanol–water partition coefficient (Wildman–Crippen LogP) is 2.78. The van der Waals surface area contributed by atoms with Gasteiger partial charge in [0.1, 0.15) is 0 Å². The number of halogens is 8. The lowest BCUT2D eigenvalue weighted by atomic mass is 9.91. The standard InChI is InChI=1S/C5H2ClF7O/c6-4(9,10)3(5(11,12)13)1(7)2(8)14-3/h1-2H/t1-,2-,3-/m0/s1. The fourth-order valence-electron chi connectivity index (χ4n) is 1.02. The molecule has 0 bridgehead atoms. The van der Waals surface area contributed by atoms with Crippen LogP contribution >= 0.6 is 11.6 Å². The average molecular weight is 247 g/mol. The van der Waals surface area contributed by atoms with Gasteiger partial charge in [-0.15, -0.1) is 0 Å². The van der Waals surface area contributed by atoms with Gasteiger partial charge in [-0.1, -0.05) is 0 Å². The number of rotatable bonds is 1. The average Bonchev–Trinajstić information content (AvgIpc) is 1.93. The molecule has 0 spiro atoms. The smallest absolute Gasteiger partial charge is 0.319 e. The van der Waals surface area contributed by atoms with Crippen LogP contribution in [0.5, 0.6) is 0 Å². The van der Waals surface area contributed by atoms with Crippen LogP contribution in [0.25, 0.3) is 0 Å². The van der Waals surface area contributed by atoms with Gasteiger partial charge < -0.3 is 4.74 Å². The van der Waals surface area contributed by atoms with Crippen LogP contribution in [0.4, 0.5) is 30.7 Å². The Kier molecular flexibility index (Phi) is 2.43. The van der Waals surface area contributed by atoms with Gasteiger partial charge in [-0.25, -0.2) is 8.78 Å². The number of hydrogen-bond acceptors (Lipinski definition) is 1. The van der Waals surface area contributed by atoms with E-state index in [0.717, 1.165) is 0 Å². The largest absolute Gasteiger partial charge is 0.428 e. The van der Waals surface area contributed by atoms with Crippen LogP contribution in [0, 0.1) is 0 Å². The molecule has 14 heavy (non-hydrogen) atoms. The Morgan fingerprint density at radius 2 is 1.50 bits per heavy atom. The van der Waals surface area contributed by atoms with Crippen molar-refractivity contribution >= 4 is 11.6 Å². The van der Waals surface area contributed by atoms with E-state index in [0.29, 0.717) is 0 Å². The molecule has 1 saturated heterocycles. The lowest BCUT2D eigenvalue weighted by Gasteiger charge is -2.48. The summed E-state index contributed by atoms with van der Waals surface area (Å²) >= 11 is 4.05. The van der Waals surface area contributed by atoms with E-state index in [1.54, 1.807) is 0 Å². The molecule has 84 valence electrons. The van der Waals surface area contributed by atoms with E-state index in [-0.39, 0.29) is 0 Å². The zero-order chi connectivity index (χ0) is 11.4. The summed E-state index contributed by atoms with van der Waals surface area (Å²) in [5.74, 6) is 0. The molecule has 0 amide bonds. The summed E-state index contributed by atoms with van der Waals surface area (Å²) in [4.78, 5) is 0. The van der Waals surface area contributed by atoms with Crippen LogP contribution in [-0.2, 0) is 4.74 Å². The summed E-state index contributed by atoms with van der Waals surface area (Å²) in [6, 6.07) is 0. The molecule has 9 heteroatoms. The molecular formula is C5H2ClF7O. The first-order valence-electron chi connectivity index (χ1n) is 3.13. The Hall–Kier alpha value is -0.240. The molecule has 0 unspecified atom stereocenters. The highest BCUT2D eigenvalue weighted by Gasteiger charge is 2.83. The number of ether oxygens (including phenoxy) is 1. The first-order valence-corrected chi connectivity index (χ1v) is 3.51. The van der Waals surface area contributed by atoms with Crippen molar-refractivity contribution in [3.63, 3.8) is 0 Å². The van der Waals surface area contributed by atoms with Crippen molar-refractivity contribution in [2.24, 2.45) is 0 Å². The Morgan fingerprint density at radius 1 is 1.07 bits per heavy atom. The molecular weight excluding hydrogens is 244 g/mol. The van der Waals surface area contributed by atoms with Crippen LogP contribution in [0.3, 0.4) is 0 Å². The number of hydrogen-bond donors (Lipinski definition) is 0. The molecule has 0 aromatic rings. The molecule has 1 aliphatic rings. The van der Waals surface area contributed by atoms with Crippen LogP contribution in [-0.4, -0.2) is 29.7 Å². The zero-order valence-electron chi connectivity index (χ0n) is 6.09. The minimum atomic E-state index is -5.79. The van der Waals surface area contributed by atoms with E-state index in [4.69, 9.17) is 0 Å². The van der Waals surface area contributed by atoms with Gasteiger partial charge in [-0.3, -0.25) is 0 Å². The van der Waals surface area contributed by atoms with Crippen LogP contribution in [0.15, 0.2) is 0 Å². The van der Waals surface area contributed by atoms with E-state index in [1.165, 1.54) is 0 Å². The molecule has 0 saturated carbocycles. The van der Waals surface area contributed by atoms with Crippen molar-refractivity contribution in [3.05, 3.63) is 0 Å². The maximum absolute atomic E-state index is 12.4. The third-order valence-electron chi connectivity index (χ3n) is 1.76. The van der Waals surface area contributed by atoms with Gasteiger partial charge in [-0.05, 0) is 11.6 Å². The molecule has 1 aliphatic heterocycles. The zero-order valence-corrected chi connectivity index (χ0v) is 6.84. The Balaban J connectivity index is 3.08. The van der Waals surface area contributed by atoms with E-state index in [9.17, 15) is 30.7 Å². The monoisotopic (exact) mass is 246 g/mol. The first kappa shape index (κ1) is 11.8. The number of alkyl halides is 8. The van der Waals surface area contributed by atoms with Gasteiger partial charge in [0.05, 0.1) is 0 Å². The summed E-state index contributed by atoms with van der Waals surface area (Å²) in [6.45, 7) is 0. The summed E-state index contributed by atoms with van der Waals surface area (Å²) in [6.07, 6.45) is -12.4. The highest BCUT2D eigenvalue weighted by Crippen LogP contribution is 2.57. The van der Waals surface area contributed by atoms with Gasteiger partial charge in [0, 0.05) is 0 Å². The lowest BCUT2D eigenvalue weighted by Crippen LogP contribution is -2.75. The summed E-state index contributed by atoms with van der Waals surface area (Å²) in [5, 5.41) is -5.06. The Labute approximate surface area is 77.8 Å². The van der Waals surface area contributed by atoms with E-state index >= 15 is 0 Å². The van der Waals surface area contributed by atoms with Crippen LogP contribution < -0.4 is 0 Å². The summed E-state index contributed by atoms with van der Waals surface area (Å²) in [7, 11) is 0. The molecule has 0 aromatic carbocycles. The fourth-order valence-corrected chi connectivity index (χ4v) is 1.28. The van der Waals surface area contributed by atoms with Gasteiger partial charge in [0.25, 0.3) is 5.60 Å². The first-order chi connectivity index (χ1) is 6.04. The predicted molar refractivity (Wildman–Crippen MR) is 30.5 cm³/mol. The lowest BCUT2D eigenvalue weighted by molar-refractivity contribution is -0.443. The van der Waals surface area contributed by atoms with Gasteiger partial charge in [-0.2, -0.15) is 22.0 Å². The Morgan fingerprint density at radius 3 is 1.57 bits per heavy atom. The minimum absolute atomic E-state index is 3.04. The third-order valence-corrected chi connectivity index (χ3v) is 2.04. The second-order valence-electron chi connectivity index (χ2n) is 2.60. The quantitative estimate of drug-likeness (QED) is 0.511. The van der Waals surface area contributed by atoms with Crippen molar-refractivity contribution in [2.45, 2.75) is 29.7 Å². The van der Waals surface area contributed by atoms with E-state index in [1.807, 2.05) is 0 Å². The second-order valence-corrected chi connectivity index (χ2v) is 3.08. The molecule has 0 aliphatic carbocycles. The van der Waals surface area contributed by atoms with Crippen LogP contribution in [0.1, 0.15) is 0 Å². The fraction of sp³-hybridized carbons (Fsp3) is 1.00. The molecule has 3 atom stereocenters. The highest BCUT2D eigenvalue weighted by atomic mass is 35.5. The van der Waals surface area contributed by atoms with Crippen LogP contribution in [0.2, 0.25) is 0 Å². The molecule has 1 heterocycles. The van der Waals surface area contributed by atoms with E-state index in [2.05, 4.69) is 16.3 Å². The summed E-state index contributed by atoms with van der Waals surface area (Å²) in [5.41, 5.74) is -4.58. The SMILES string of the molecule is F[C@H]1O[C@](C(F)(F)F)(C(F)(F)Cl)[C@H]1F. The van der Waals surface area contributed by atoms with Gasteiger partial charge in [0.2, 0.25) is 12.5 Å². The van der Waals surface area contributed by atoms with Crippen molar-refractivity contribution in [3.8, 4) is 0 Å². The van der Waals surface area contributed by atoms with Gasteiger partial charge in [0.15, 0.2) is 0 Å². The third kappa shape index (κ3) is 1.27. The molecule has 0 aromatic heterocycles. The molecule has 1 nitrogen and oxygen atoms in total. The highest BCUT2D eigenvalue weighted by molar-refractivity contribution is 6.22. The maximum atomic E-state index is 12.4. The van der Waals surface area contributed by atoms with Crippen molar-refractivity contribution in [1.29, 1.82) is 0 Å².